The molecule has 5 heterocycles. The van der Waals surface area contributed by atoms with E-state index in [1.165, 1.54) is 0 Å². The lowest BCUT2D eigenvalue weighted by atomic mass is 9.71. The van der Waals surface area contributed by atoms with Crippen molar-refractivity contribution in [2.24, 2.45) is 0 Å². The minimum Gasteiger partial charge on any atom is -0.479 e. The highest BCUT2D eigenvalue weighted by Crippen LogP contribution is 2.42. The number of aromatic nitrogens is 6. The van der Waals surface area contributed by atoms with Crippen molar-refractivity contribution >= 4 is 28.5 Å². The highest BCUT2D eigenvalue weighted by molar-refractivity contribution is 5.94. The minimum atomic E-state index is -0.449. The minimum absolute atomic E-state index is 0.180. The summed E-state index contributed by atoms with van der Waals surface area (Å²) in [5.74, 6) is 0.433. The summed E-state index contributed by atoms with van der Waals surface area (Å²) in [6.07, 6.45) is 5.95. The third-order valence-electron chi connectivity index (χ3n) is 8.88. The summed E-state index contributed by atoms with van der Waals surface area (Å²) in [6, 6.07) is 23.9. The van der Waals surface area contributed by atoms with Crippen LogP contribution in [0.2, 0.25) is 0 Å². The third-order valence-corrected chi connectivity index (χ3v) is 8.88. The summed E-state index contributed by atoms with van der Waals surface area (Å²) in [5, 5.41) is 21.6. The fourth-order valence-electron chi connectivity index (χ4n) is 6.27. The van der Waals surface area contributed by atoms with Crippen LogP contribution in [0.4, 0.5) is 5.95 Å². The van der Waals surface area contributed by atoms with Crippen molar-refractivity contribution in [3.05, 3.63) is 96.3 Å². The van der Waals surface area contributed by atoms with Crippen molar-refractivity contribution < 1.29 is 14.6 Å². The quantitative estimate of drug-likeness (QED) is 0.279. The van der Waals surface area contributed by atoms with E-state index in [1.54, 1.807) is 22.9 Å². The Morgan fingerprint density at radius 2 is 1.64 bits per heavy atom. The van der Waals surface area contributed by atoms with Crippen LogP contribution in [0.5, 0.6) is 6.01 Å². The monoisotopic (exact) mass is 598 g/mol. The molecule has 2 aliphatic rings. The Morgan fingerprint density at radius 3 is 2.36 bits per heavy atom. The standard InChI is InChI=1S/C34H30N8O3/c43-31(24-20-35-32(36-21-24)41-15-17-45-18-16-41)38-34(13-4-14-34)25-9-7-23(8-10-25)30-26(22-5-2-1-3-6-22)19-28-27(37-30)11-12-29-39-40-33(44)42(28)29/h1-3,5-12,19-21H,4,13-18H2,(H,38,43)(H,40,44). The van der Waals surface area contributed by atoms with E-state index in [2.05, 4.69) is 54.6 Å². The predicted molar refractivity (Wildman–Crippen MR) is 169 cm³/mol. The Labute approximate surface area is 258 Å². The second-order valence-electron chi connectivity index (χ2n) is 11.5. The average Bonchev–Trinajstić information content (AvgIpc) is 3.47. The molecule has 1 saturated carbocycles. The van der Waals surface area contributed by atoms with Gasteiger partial charge in [-0.2, -0.15) is 0 Å². The Balaban J connectivity index is 1.11. The molecule has 2 fully saturated rings. The molecule has 8 rings (SSSR count). The molecule has 11 nitrogen and oxygen atoms in total. The maximum atomic E-state index is 13.4. The first kappa shape index (κ1) is 27.2. The number of anilines is 1. The van der Waals surface area contributed by atoms with Gasteiger partial charge in [-0.1, -0.05) is 59.7 Å². The van der Waals surface area contributed by atoms with Gasteiger partial charge in [-0.15, -0.1) is 5.10 Å². The smallest absolute Gasteiger partial charge is 0.319 e. The normalized spacial score (nSPS) is 16.0. The number of hydrogen-bond donors (Lipinski definition) is 2. The molecule has 1 saturated heterocycles. The molecule has 0 bridgehead atoms. The fraction of sp³-hybridized carbons (Fsp3) is 0.235. The number of nitrogens with zero attached hydrogens (tertiary/aromatic N) is 7. The Morgan fingerprint density at radius 1 is 0.889 bits per heavy atom. The molecule has 2 N–H and O–H groups in total. The number of hydrogen-bond acceptors (Lipinski definition) is 9. The molecule has 1 aliphatic carbocycles. The predicted octanol–water partition coefficient (Wildman–Crippen LogP) is 4.75. The summed E-state index contributed by atoms with van der Waals surface area (Å²) < 4.78 is 7.01. The molecule has 11 heteroatoms. The highest BCUT2D eigenvalue weighted by atomic mass is 16.5. The van der Waals surface area contributed by atoms with Crippen LogP contribution in [-0.2, 0) is 10.3 Å². The van der Waals surface area contributed by atoms with E-state index < -0.39 is 5.54 Å². The van der Waals surface area contributed by atoms with Gasteiger partial charge in [0, 0.05) is 36.6 Å². The van der Waals surface area contributed by atoms with Crippen LogP contribution in [-0.4, -0.2) is 66.9 Å². The molecule has 4 aromatic heterocycles. The van der Waals surface area contributed by atoms with Crippen molar-refractivity contribution in [2.75, 3.05) is 31.2 Å². The maximum Gasteiger partial charge on any atom is 0.319 e. The first-order valence-electron chi connectivity index (χ1n) is 15.1. The summed E-state index contributed by atoms with van der Waals surface area (Å²) in [4.78, 5) is 29.4. The van der Waals surface area contributed by atoms with Crippen molar-refractivity contribution in [1.82, 2.24) is 34.9 Å². The zero-order chi connectivity index (χ0) is 30.4. The number of nitrogens with one attached hydrogen (secondary N) is 1. The molecule has 0 spiro atoms. The van der Waals surface area contributed by atoms with Gasteiger partial charge in [0.15, 0.2) is 5.65 Å². The number of ether oxygens (including phenoxy) is 1. The van der Waals surface area contributed by atoms with Gasteiger partial charge in [-0.25, -0.2) is 19.4 Å². The van der Waals surface area contributed by atoms with Crippen LogP contribution in [0.25, 0.3) is 39.1 Å². The lowest BCUT2D eigenvalue weighted by molar-refractivity contribution is 0.0822. The molecule has 0 radical (unpaired) electrons. The molecule has 0 unspecified atom stereocenters. The fourth-order valence-corrected chi connectivity index (χ4v) is 6.27. The number of fused-ring (bicyclic) bond motifs is 3. The summed E-state index contributed by atoms with van der Waals surface area (Å²) >= 11 is 0. The van der Waals surface area contributed by atoms with Gasteiger partial charge >= 0.3 is 6.01 Å². The van der Waals surface area contributed by atoms with E-state index in [0.717, 1.165) is 60.3 Å². The number of pyridine rings is 2. The van der Waals surface area contributed by atoms with Gasteiger partial charge in [-0.3, -0.25) is 4.79 Å². The van der Waals surface area contributed by atoms with E-state index in [1.807, 2.05) is 42.5 Å². The van der Waals surface area contributed by atoms with E-state index in [9.17, 15) is 9.90 Å². The molecule has 0 atom stereocenters. The van der Waals surface area contributed by atoms with Gasteiger partial charge in [0.05, 0.1) is 41.0 Å². The number of rotatable bonds is 6. The molecule has 1 aliphatic heterocycles. The van der Waals surface area contributed by atoms with Gasteiger partial charge in [0.25, 0.3) is 5.91 Å². The number of carbonyl (C=O) groups excluding carboxylic acids is 1. The van der Waals surface area contributed by atoms with Crippen LogP contribution < -0.4 is 10.2 Å². The van der Waals surface area contributed by atoms with Crippen LogP contribution in [0.1, 0.15) is 35.2 Å². The zero-order valence-corrected chi connectivity index (χ0v) is 24.4. The second-order valence-corrected chi connectivity index (χ2v) is 11.5. The molecule has 2 aromatic carbocycles. The number of aromatic hydroxyl groups is 1. The first-order chi connectivity index (χ1) is 22.1. The van der Waals surface area contributed by atoms with Crippen LogP contribution >= 0.6 is 0 Å². The maximum absolute atomic E-state index is 13.4. The number of morpholine rings is 1. The third kappa shape index (κ3) is 4.81. The number of benzene rings is 2. The van der Waals surface area contributed by atoms with Gasteiger partial charge < -0.3 is 20.1 Å². The van der Waals surface area contributed by atoms with E-state index in [4.69, 9.17) is 9.72 Å². The Kier molecular flexibility index (Phi) is 6.60. The van der Waals surface area contributed by atoms with E-state index in [-0.39, 0.29) is 11.9 Å². The second kappa shape index (κ2) is 10.9. The van der Waals surface area contributed by atoms with Crippen molar-refractivity contribution in [2.45, 2.75) is 24.8 Å². The van der Waals surface area contributed by atoms with Crippen LogP contribution in [0, 0.1) is 0 Å². The highest BCUT2D eigenvalue weighted by Gasteiger charge is 2.40. The largest absolute Gasteiger partial charge is 0.479 e. The molecular formula is C34H30N8O3. The van der Waals surface area contributed by atoms with E-state index in [0.29, 0.717) is 41.4 Å². The summed E-state index contributed by atoms with van der Waals surface area (Å²) in [6.45, 7) is 2.77. The summed E-state index contributed by atoms with van der Waals surface area (Å²) in [7, 11) is 0. The molecule has 45 heavy (non-hydrogen) atoms. The molecule has 224 valence electrons. The number of amides is 1. The van der Waals surface area contributed by atoms with E-state index >= 15 is 0 Å². The lowest BCUT2D eigenvalue weighted by Gasteiger charge is -2.43. The lowest BCUT2D eigenvalue weighted by Crippen LogP contribution is -2.50. The van der Waals surface area contributed by atoms with Crippen molar-refractivity contribution in [3.63, 3.8) is 0 Å². The van der Waals surface area contributed by atoms with Crippen LogP contribution in [0.3, 0.4) is 0 Å². The van der Waals surface area contributed by atoms with Gasteiger partial charge in [0.1, 0.15) is 0 Å². The average molecular weight is 599 g/mol. The zero-order valence-electron chi connectivity index (χ0n) is 24.4. The molecular weight excluding hydrogens is 568 g/mol. The topological polar surface area (TPSA) is 131 Å². The van der Waals surface area contributed by atoms with Gasteiger partial charge in [-0.05, 0) is 48.6 Å². The Bertz CT molecular complexity index is 2020. The van der Waals surface area contributed by atoms with Crippen LogP contribution in [0.15, 0.2) is 85.2 Å². The summed E-state index contributed by atoms with van der Waals surface area (Å²) in [5.41, 5.74) is 6.69. The first-order valence-corrected chi connectivity index (χ1v) is 15.1. The Hall–Kier alpha value is -5.42. The van der Waals surface area contributed by atoms with Gasteiger partial charge in [0.2, 0.25) is 5.95 Å². The molecule has 1 amide bonds. The molecule has 6 aromatic rings. The SMILES string of the molecule is O=C(NC1(c2ccc(-c3nc4ccc5nnc(O)n5c4cc3-c3ccccc3)cc2)CCC1)c1cnc(N2CCOCC2)nc1. The number of carbonyl (C=O) groups is 1. The van der Waals surface area contributed by atoms with Crippen molar-refractivity contribution in [3.8, 4) is 28.4 Å². The van der Waals surface area contributed by atoms with Crippen molar-refractivity contribution in [1.29, 1.82) is 0 Å².